The summed E-state index contributed by atoms with van der Waals surface area (Å²) in [5.74, 6) is -0.581. The minimum Gasteiger partial charge on any atom is -0.460 e. The maximum absolute atomic E-state index is 12.6. The van der Waals surface area contributed by atoms with Crippen LogP contribution in [0.25, 0.3) is 0 Å². The normalized spacial score (nSPS) is 13.4. The first-order valence-corrected chi connectivity index (χ1v) is 25.7. The maximum atomic E-state index is 12.6. The Balaban J connectivity index is -0.000000110. The minimum atomic E-state index is -4.45. The van der Waals surface area contributed by atoms with Gasteiger partial charge in [0.25, 0.3) is 0 Å². The molecule has 0 aliphatic heterocycles. The van der Waals surface area contributed by atoms with Gasteiger partial charge < -0.3 is 4.74 Å². The molecule has 0 unspecified atom stereocenters. The van der Waals surface area contributed by atoms with Crippen molar-refractivity contribution in [3.8, 4) is 0 Å². The van der Waals surface area contributed by atoms with Gasteiger partial charge in [0.15, 0.2) is 29.5 Å². The van der Waals surface area contributed by atoms with Crippen LogP contribution in [-0.4, -0.2) is 87.9 Å². The lowest BCUT2D eigenvalue weighted by Crippen LogP contribution is -2.38. The second-order valence-electron chi connectivity index (χ2n) is 20.7. The van der Waals surface area contributed by atoms with Gasteiger partial charge in [-0.3, -0.25) is 4.79 Å². The number of carbonyl (C=O) groups is 1. The van der Waals surface area contributed by atoms with E-state index in [1.54, 1.807) is 76.4 Å². The lowest BCUT2D eigenvalue weighted by Gasteiger charge is -2.25. The SMILES string of the molecule is C.C.C.C.C.C.CC(C)(C)OC(=O)C(C)(C)C.CC(C)(C)S(=O)(=O)C1CC1.CC(C)(C)S(=O)(=O)c1ccc(C(F)(F)F)cc1.CC(C)(C)S(=O)(=O)c1ccc(F)cc1.CN(C)S(=O)(=O)C(C)(C)C. The summed E-state index contributed by atoms with van der Waals surface area (Å²) < 4.78 is 146. The maximum Gasteiger partial charge on any atom is 0.416 e. The highest BCUT2D eigenvalue weighted by atomic mass is 32.2. The second-order valence-corrected chi connectivity index (χ2v) is 32.0. The van der Waals surface area contributed by atoms with Gasteiger partial charge in [-0.15, -0.1) is 0 Å². The van der Waals surface area contributed by atoms with Crippen LogP contribution in [0.3, 0.4) is 0 Å². The van der Waals surface area contributed by atoms with Crippen LogP contribution in [0.15, 0.2) is 58.3 Å². The number of nitrogens with zero attached hydrogens (tertiary/aromatic N) is 1. The highest BCUT2D eigenvalue weighted by Gasteiger charge is 2.43. The smallest absolute Gasteiger partial charge is 0.416 e. The highest BCUT2D eigenvalue weighted by molar-refractivity contribution is 7.93. The fourth-order valence-electron chi connectivity index (χ4n) is 4.00. The standard InChI is InChI=1S/C11H13F3O2S.C10H13FO2S.C9H18O2.C7H14O2S.C6H15NO2S.6CH4/c1-10(2,3)17(15,16)9-6-4-8(5-7-9)11(12,13)14;1-10(2,3)14(12,13)9-6-4-8(11)5-7-9;1-8(2,3)7(10)11-9(4,5)6;1-7(2,3)10(8,9)6-4-5-6;1-6(2,3)10(8,9)7(4)5;;;;;;/h4-7H,1-3H3;4-7H,1-3H3;1-6H3;6H,4-5H2,1-3H3;1-5H3;6*1H4. The molecular weight excluding hydrogens is 967 g/mol. The van der Waals surface area contributed by atoms with Crippen LogP contribution in [0.4, 0.5) is 17.6 Å². The molecule has 0 atom stereocenters. The van der Waals surface area contributed by atoms with E-state index in [4.69, 9.17) is 4.74 Å². The quantitative estimate of drug-likeness (QED) is 0.163. The second kappa shape index (κ2) is 28.4. The molecule has 0 radical (unpaired) electrons. The fraction of sp³-hybridized carbons (Fsp3) is 0.735. The van der Waals surface area contributed by atoms with Crippen LogP contribution in [0.2, 0.25) is 0 Å². The Labute approximate surface area is 415 Å². The molecule has 0 saturated heterocycles. The lowest BCUT2D eigenvalue weighted by atomic mass is 9.97. The number of benzene rings is 2. The van der Waals surface area contributed by atoms with Crippen molar-refractivity contribution in [2.45, 2.75) is 228 Å². The molecule has 1 aliphatic rings. The molecule has 410 valence electrons. The van der Waals surface area contributed by atoms with Gasteiger partial charge in [0.05, 0.1) is 45.0 Å². The van der Waals surface area contributed by atoms with E-state index in [2.05, 4.69) is 0 Å². The van der Waals surface area contributed by atoms with Gasteiger partial charge in [-0.05, 0) is 186 Å². The van der Waals surface area contributed by atoms with Crippen LogP contribution in [0.1, 0.15) is 188 Å². The monoisotopic (exact) mass is 1060 g/mol. The van der Waals surface area contributed by atoms with E-state index in [-0.39, 0.29) is 71.2 Å². The molecule has 0 spiro atoms. The van der Waals surface area contributed by atoms with Crippen LogP contribution >= 0.6 is 0 Å². The molecule has 0 bridgehead atoms. The van der Waals surface area contributed by atoms with E-state index in [1.165, 1.54) is 37.2 Å². The Hall–Kier alpha value is -2.61. The summed E-state index contributed by atoms with van der Waals surface area (Å²) in [5, 5.41) is -0.0208. The summed E-state index contributed by atoms with van der Waals surface area (Å²) >= 11 is 0. The number of ether oxygens (including phenoxy) is 1. The van der Waals surface area contributed by atoms with Crippen molar-refractivity contribution in [2.75, 3.05) is 14.1 Å². The zero-order valence-electron chi connectivity index (χ0n) is 40.3. The molecule has 0 aromatic heterocycles. The predicted molar refractivity (Wildman–Crippen MR) is 281 cm³/mol. The van der Waals surface area contributed by atoms with E-state index >= 15 is 0 Å². The van der Waals surface area contributed by atoms with E-state index in [0.717, 1.165) is 49.2 Å². The first-order valence-electron chi connectivity index (χ1n) is 19.7. The number of esters is 1. The summed E-state index contributed by atoms with van der Waals surface area (Å²) in [4.78, 5) is 11.3. The zero-order chi connectivity index (χ0) is 50.3. The third-order valence-corrected chi connectivity index (χ3v) is 18.9. The van der Waals surface area contributed by atoms with Gasteiger partial charge in [-0.2, -0.15) is 13.2 Å². The third-order valence-electron chi connectivity index (χ3n) is 8.31. The molecule has 1 fully saturated rings. The van der Waals surface area contributed by atoms with Gasteiger partial charge in [0.1, 0.15) is 11.4 Å². The molecule has 2 aromatic carbocycles. The van der Waals surface area contributed by atoms with Crippen LogP contribution in [0, 0.1) is 11.2 Å². The van der Waals surface area contributed by atoms with Gasteiger partial charge in [-0.1, -0.05) is 44.6 Å². The number of sulfone groups is 3. The van der Waals surface area contributed by atoms with Crippen molar-refractivity contribution in [1.29, 1.82) is 0 Å². The molecule has 68 heavy (non-hydrogen) atoms. The van der Waals surface area contributed by atoms with Crippen molar-refractivity contribution >= 4 is 45.5 Å². The van der Waals surface area contributed by atoms with Gasteiger partial charge in [-0.25, -0.2) is 42.4 Å². The summed E-state index contributed by atoms with van der Waals surface area (Å²) in [6, 6.07) is 8.41. The summed E-state index contributed by atoms with van der Waals surface area (Å²) in [6.07, 6.45) is -2.71. The van der Waals surface area contributed by atoms with Crippen molar-refractivity contribution in [2.24, 2.45) is 5.41 Å². The highest BCUT2D eigenvalue weighted by Crippen LogP contribution is 2.36. The molecule has 19 heteroatoms. The average molecular weight is 1060 g/mol. The van der Waals surface area contributed by atoms with Crippen LogP contribution < -0.4 is 0 Å². The number of hydrogen-bond donors (Lipinski definition) is 0. The minimum absolute atomic E-state index is 0. The molecule has 1 saturated carbocycles. The molecule has 0 heterocycles. The third kappa shape index (κ3) is 26.0. The summed E-state index contributed by atoms with van der Waals surface area (Å²) in [7, 11) is -9.77. The Morgan fingerprint density at radius 2 is 0.809 bits per heavy atom. The molecule has 3 rings (SSSR count). The first kappa shape index (κ1) is 82.3. The van der Waals surface area contributed by atoms with Gasteiger partial charge in [0.2, 0.25) is 10.0 Å². The molecule has 0 amide bonds. The number of halogens is 4. The van der Waals surface area contributed by atoms with E-state index in [0.29, 0.717) is 0 Å². The lowest BCUT2D eigenvalue weighted by molar-refractivity contribution is -0.164. The van der Waals surface area contributed by atoms with Crippen molar-refractivity contribution in [1.82, 2.24) is 4.31 Å². The van der Waals surface area contributed by atoms with Crippen molar-refractivity contribution in [3.05, 3.63) is 59.9 Å². The van der Waals surface area contributed by atoms with E-state index in [1.807, 2.05) is 41.5 Å². The fourth-order valence-corrected chi connectivity index (χ4v) is 9.26. The number of hydrogen-bond acceptors (Lipinski definition) is 10. The molecule has 2 aromatic rings. The number of rotatable bonds is 4. The largest absolute Gasteiger partial charge is 0.460 e. The zero-order valence-corrected chi connectivity index (χ0v) is 43.6. The average Bonchev–Trinajstić information content (AvgIpc) is 3.89. The molecule has 11 nitrogen and oxygen atoms in total. The number of alkyl halides is 3. The van der Waals surface area contributed by atoms with Crippen molar-refractivity contribution < 1.29 is 60.8 Å². The summed E-state index contributed by atoms with van der Waals surface area (Å²) in [5.41, 5.74) is -1.62. The predicted octanol–water partition coefficient (Wildman–Crippen LogP) is 13.9. The van der Waals surface area contributed by atoms with Crippen LogP contribution in [0.5, 0.6) is 0 Å². The molecular formula is C49H97F4NO10S4. The topological polar surface area (TPSA) is 166 Å². The van der Waals surface area contributed by atoms with Crippen molar-refractivity contribution in [3.63, 3.8) is 0 Å². The van der Waals surface area contributed by atoms with E-state index < -0.39 is 81.5 Å². The van der Waals surface area contributed by atoms with Gasteiger partial charge in [0, 0.05) is 14.1 Å². The van der Waals surface area contributed by atoms with Crippen LogP contribution in [-0.2, 0) is 55.2 Å². The molecule has 1 aliphatic carbocycles. The van der Waals surface area contributed by atoms with E-state index in [9.17, 15) is 56.0 Å². The number of carbonyl (C=O) groups excluding carboxylic acids is 1. The first-order chi connectivity index (χ1) is 26.9. The molecule has 0 N–H and O–H groups in total. The van der Waals surface area contributed by atoms with Gasteiger partial charge >= 0.3 is 12.1 Å². The Bertz CT molecular complexity index is 2150. The number of sulfonamides is 1. The Kier molecular flexibility index (Phi) is 34.4. The summed E-state index contributed by atoms with van der Waals surface area (Å²) in [6.45, 7) is 30.9. The Morgan fingerprint density at radius 1 is 0.515 bits per heavy atom. The Morgan fingerprint density at radius 3 is 0.956 bits per heavy atom.